The molecule has 1 saturated heterocycles. The first kappa shape index (κ1) is 20.8. The van der Waals surface area contributed by atoms with Crippen molar-refractivity contribution in [3.8, 4) is 28.4 Å². The van der Waals surface area contributed by atoms with Gasteiger partial charge >= 0.3 is 0 Å². The highest BCUT2D eigenvalue weighted by molar-refractivity contribution is 5.62. The first-order valence-corrected chi connectivity index (χ1v) is 11.3. The molecule has 7 nitrogen and oxygen atoms in total. The molecule has 0 amide bonds. The summed E-state index contributed by atoms with van der Waals surface area (Å²) in [6, 6.07) is 8.40. The van der Waals surface area contributed by atoms with Gasteiger partial charge in [0.15, 0.2) is 11.5 Å². The van der Waals surface area contributed by atoms with E-state index in [4.69, 9.17) is 19.2 Å². The van der Waals surface area contributed by atoms with Gasteiger partial charge in [0.05, 0.1) is 13.3 Å². The van der Waals surface area contributed by atoms with E-state index in [0.717, 1.165) is 66.5 Å². The van der Waals surface area contributed by atoms with Crippen molar-refractivity contribution >= 4 is 0 Å². The van der Waals surface area contributed by atoms with E-state index >= 15 is 0 Å². The topological polar surface area (TPSA) is 61.6 Å². The van der Waals surface area contributed by atoms with Crippen LogP contribution in [0.15, 0.2) is 36.7 Å². The molecule has 2 aliphatic rings. The number of ether oxygens (including phenoxy) is 3. The maximum atomic E-state index is 5.80. The Labute approximate surface area is 188 Å². The standard InChI is InChI=1S/C25H30N4O3/c1-17-9-19(21-13-26-28(2)14-21)10-22(27-17)18-5-4-6-29(15-18)16-20-11-24-25(12-23(20)30-3)32-8-7-31-24/h9-14,18H,4-8,15-16H2,1-3H3/t18-/m0/s1. The van der Waals surface area contributed by atoms with Gasteiger partial charge < -0.3 is 14.2 Å². The first-order chi connectivity index (χ1) is 15.6. The summed E-state index contributed by atoms with van der Waals surface area (Å²) in [5.74, 6) is 2.83. The molecule has 0 aliphatic carbocycles. The number of aryl methyl sites for hydroxylation is 2. The van der Waals surface area contributed by atoms with Gasteiger partial charge in [-0.15, -0.1) is 0 Å². The lowest BCUT2D eigenvalue weighted by Gasteiger charge is -2.33. The highest BCUT2D eigenvalue weighted by atomic mass is 16.6. The van der Waals surface area contributed by atoms with Gasteiger partial charge in [0, 0.05) is 60.8 Å². The number of hydrogen-bond acceptors (Lipinski definition) is 6. The zero-order chi connectivity index (χ0) is 22.1. The van der Waals surface area contributed by atoms with Gasteiger partial charge in [0.25, 0.3) is 0 Å². The molecule has 5 rings (SSSR count). The number of rotatable bonds is 5. The minimum atomic E-state index is 0.405. The minimum Gasteiger partial charge on any atom is -0.496 e. The lowest BCUT2D eigenvalue weighted by molar-refractivity contribution is 0.168. The molecule has 32 heavy (non-hydrogen) atoms. The number of aromatic nitrogens is 3. The van der Waals surface area contributed by atoms with E-state index < -0.39 is 0 Å². The third kappa shape index (κ3) is 4.30. The molecule has 3 aromatic rings. The van der Waals surface area contributed by atoms with E-state index in [1.165, 1.54) is 11.3 Å². The monoisotopic (exact) mass is 434 g/mol. The second kappa shape index (κ2) is 8.82. The van der Waals surface area contributed by atoms with E-state index in [9.17, 15) is 0 Å². The molecule has 0 bridgehead atoms. The third-order valence-electron chi connectivity index (χ3n) is 6.27. The molecule has 0 unspecified atom stereocenters. The first-order valence-electron chi connectivity index (χ1n) is 11.3. The number of methoxy groups -OCH3 is 1. The van der Waals surface area contributed by atoms with Crippen LogP contribution in [0.4, 0.5) is 0 Å². The van der Waals surface area contributed by atoms with Gasteiger partial charge in [-0.3, -0.25) is 14.6 Å². The predicted molar refractivity (Wildman–Crippen MR) is 122 cm³/mol. The van der Waals surface area contributed by atoms with Crippen molar-refractivity contribution in [2.45, 2.75) is 32.2 Å². The Balaban J connectivity index is 1.36. The van der Waals surface area contributed by atoms with Gasteiger partial charge in [0.1, 0.15) is 19.0 Å². The summed E-state index contributed by atoms with van der Waals surface area (Å²) in [6.45, 7) is 6.09. The summed E-state index contributed by atoms with van der Waals surface area (Å²) < 4.78 is 19.0. The molecule has 7 heteroatoms. The van der Waals surface area contributed by atoms with Gasteiger partial charge in [-0.1, -0.05) is 0 Å². The highest BCUT2D eigenvalue weighted by Gasteiger charge is 2.25. The maximum Gasteiger partial charge on any atom is 0.165 e. The van der Waals surface area contributed by atoms with Crippen LogP contribution < -0.4 is 14.2 Å². The summed E-state index contributed by atoms with van der Waals surface area (Å²) in [5, 5.41) is 4.33. The van der Waals surface area contributed by atoms with E-state index in [2.05, 4.69) is 41.3 Å². The Morgan fingerprint density at radius 2 is 1.91 bits per heavy atom. The fourth-order valence-corrected chi connectivity index (χ4v) is 4.75. The van der Waals surface area contributed by atoms with Crippen molar-refractivity contribution in [1.29, 1.82) is 0 Å². The quantitative estimate of drug-likeness (QED) is 0.606. The number of benzene rings is 1. The van der Waals surface area contributed by atoms with E-state index in [0.29, 0.717) is 19.1 Å². The Hall–Kier alpha value is -3.06. The van der Waals surface area contributed by atoms with Crippen molar-refractivity contribution in [2.75, 3.05) is 33.4 Å². The molecule has 1 fully saturated rings. The summed E-state index contributed by atoms with van der Waals surface area (Å²) in [4.78, 5) is 7.40. The largest absolute Gasteiger partial charge is 0.496 e. The number of piperidine rings is 1. The fraction of sp³-hybridized carbons (Fsp3) is 0.440. The Kier molecular flexibility index (Phi) is 5.74. The molecule has 0 radical (unpaired) electrons. The SMILES string of the molecule is COc1cc2c(cc1CN1CCC[C@H](c3cc(-c4cnn(C)c4)cc(C)n3)C1)OCCO2. The van der Waals surface area contributed by atoms with Crippen LogP contribution in [-0.4, -0.2) is 53.1 Å². The van der Waals surface area contributed by atoms with Crippen molar-refractivity contribution in [2.24, 2.45) is 7.05 Å². The lowest BCUT2D eigenvalue weighted by Crippen LogP contribution is -2.34. The molecule has 1 aromatic carbocycles. The Bertz CT molecular complexity index is 1110. The second-order valence-corrected chi connectivity index (χ2v) is 8.71. The summed E-state index contributed by atoms with van der Waals surface area (Å²) in [6.07, 6.45) is 6.27. The molecule has 168 valence electrons. The minimum absolute atomic E-state index is 0.405. The summed E-state index contributed by atoms with van der Waals surface area (Å²) in [7, 11) is 3.66. The lowest BCUT2D eigenvalue weighted by atomic mass is 9.92. The number of hydrogen-bond donors (Lipinski definition) is 0. The van der Waals surface area contributed by atoms with Gasteiger partial charge in [-0.25, -0.2) is 0 Å². The molecule has 2 aliphatic heterocycles. The second-order valence-electron chi connectivity index (χ2n) is 8.71. The molecule has 4 heterocycles. The normalized spacial score (nSPS) is 18.5. The van der Waals surface area contributed by atoms with Crippen LogP contribution >= 0.6 is 0 Å². The van der Waals surface area contributed by atoms with E-state index in [1.54, 1.807) is 7.11 Å². The van der Waals surface area contributed by atoms with Crippen molar-refractivity contribution in [3.63, 3.8) is 0 Å². The Morgan fingerprint density at radius 3 is 2.66 bits per heavy atom. The third-order valence-corrected chi connectivity index (χ3v) is 6.27. The van der Waals surface area contributed by atoms with Crippen LogP contribution in [-0.2, 0) is 13.6 Å². The molecular formula is C25H30N4O3. The zero-order valence-electron chi connectivity index (χ0n) is 19.0. The molecular weight excluding hydrogens is 404 g/mol. The fourth-order valence-electron chi connectivity index (χ4n) is 4.75. The molecule has 0 spiro atoms. The number of nitrogens with zero attached hydrogens (tertiary/aromatic N) is 4. The highest BCUT2D eigenvalue weighted by Crippen LogP contribution is 2.38. The van der Waals surface area contributed by atoms with Gasteiger partial charge in [-0.05, 0) is 50.1 Å². The van der Waals surface area contributed by atoms with Crippen LogP contribution in [0.25, 0.3) is 11.1 Å². The van der Waals surface area contributed by atoms with E-state index in [1.807, 2.05) is 24.0 Å². The predicted octanol–water partition coefficient (Wildman–Crippen LogP) is 3.95. The Morgan fingerprint density at radius 1 is 1.09 bits per heavy atom. The maximum absolute atomic E-state index is 5.80. The number of fused-ring (bicyclic) bond motifs is 1. The molecule has 0 saturated carbocycles. The summed E-state index contributed by atoms with van der Waals surface area (Å²) in [5.41, 5.74) is 5.67. The van der Waals surface area contributed by atoms with Crippen LogP contribution in [0.3, 0.4) is 0 Å². The van der Waals surface area contributed by atoms with Crippen LogP contribution in [0, 0.1) is 6.92 Å². The number of pyridine rings is 1. The van der Waals surface area contributed by atoms with Crippen molar-refractivity contribution in [3.05, 3.63) is 53.6 Å². The average molecular weight is 435 g/mol. The number of likely N-dealkylation sites (tertiary alicyclic amines) is 1. The van der Waals surface area contributed by atoms with Crippen molar-refractivity contribution in [1.82, 2.24) is 19.7 Å². The van der Waals surface area contributed by atoms with Crippen LogP contribution in [0.1, 0.15) is 35.7 Å². The zero-order valence-corrected chi connectivity index (χ0v) is 19.0. The average Bonchev–Trinajstić information content (AvgIpc) is 3.25. The van der Waals surface area contributed by atoms with Gasteiger partial charge in [0.2, 0.25) is 0 Å². The van der Waals surface area contributed by atoms with Crippen molar-refractivity contribution < 1.29 is 14.2 Å². The molecule has 1 atom stereocenters. The summed E-state index contributed by atoms with van der Waals surface area (Å²) >= 11 is 0. The molecule has 2 aromatic heterocycles. The van der Waals surface area contributed by atoms with Crippen LogP contribution in [0.2, 0.25) is 0 Å². The van der Waals surface area contributed by atoms with Gasteiger partial charge in [-0.2, -0.15) is 5.10 Å². The van der Waals surface area contributed by atoms with E-state index in [-0.39, 0.29) is 0 Å². The smallest absolute Gasteiger partial charge is 0.165 e. The van der Waals surface area contributed by atoms with Crippen LogP contribution in [0.5, 0.6) is 17.2 Å². The molecule has 0 N–H and O–H groups in total.